The highest BCUT2D eigenvalue weighted by atomic mass is 31.3. The van der Waals surface area contributed by atoms with E-state index < -0.39 is 60.2 Å². The molecule has 1 aliphatic carbocycles. The highest BCUT2D eigenvalue weighted by molar-refractivity contribution is 7.66. The zero-order valence-electron chi connectivity index (χ0n) is 27.3. The minimum atomic E-state index is -5.59. The smallest absolute Gasteiger partial charge is 0.373 e. The number of nitrogens with two attached hydrogens (primary N) is 1. The second kappa shape index (κ2) is 18.0. The van der Waals surface area contributed by atoms with Crippen molar-refractivity contribution in [1.82, 2.24) is 5.32 Å². The number of hydrogen-bond donors (Lipinski definition) is 5. The molecule has 0 radical (unpaired) electrons. The first-order chi connectivity index (χ1) is 21.6. The molecule has 0 aromatic carbocycles. The summed E-state index contributed by atoms with van der Waals surface area (Å²) in [4.78, 5) is 41.6. The lowest BCUT2D eigenvalue weighted by molar-refractivity contribution is -0.146. The van der Waals surface area contributed by atoms with Crippen LogP contribution in [0, 0.1) is 0 Å². The summed E-state index contributed by atoms with van der Waals surface area (Å²) in [6.45, 7) is 8.99. The van der Waals surface area contributed by atoms with Crippen molar-refractivity contribution in [3.63, 3.8) is 0 Å². The van der Waals surface area contributed by atoms with Gasteiger partial charge < -0.3 is 44.7 Å². The molecule has 0 aromatic heterocycles. The maximum Gasteiger partial charge on any atom is 0.490 e. The second-order valence-electron chi connectivity index (χ2n) is 11.8. The van der Waals surface area contributed by atoms with Crippen LogP contribution in [0.3, 0.4) is 0 Å². The number of ether oxygens (including phenoxy) is 4. The summed E-state index contributed by atoms with van der Waals surface area (Å²) in [6, 6.07) is 0. The highest BCUT2D eigenvalue weighted by Crippen LogP contribution is 2.67. The minimum Gasteiger partial charge on any atom is -0.373 e. The van der Waals surface area contributed by atoms with E-state index in [9.17, 15) is 33.2 Å². The summed E-state index contributed by atoms with van der Waals surface area (Å²) in [5.41, 5.74) is 5.49. The highest BCUT2D eigenvalue weighted by Gasteiger charge is 2.44. The standard InChI is InChI=1S/C27H47N2O15P3/c1-26(2,3)38-16-17-39-27(4,5)25(30)29-15-14-24(28)42-22-18-21(20-12-10-8-7-9-11-13-20)41-23(22)19-40-46(33,34)44-47(35,36)43-45(31,32)37-6/h7-13,21-24H,14-19,28H2,1-6H3,(H,29,30)(H,31,32)(H,33,34)(H,35,36)/b8-7-,9-7?,10-8?,11-9-,12-10-,13-11?,20-12?,20-13+/t21-,22?,23-,24?/m1/s1. The third-order valence-electron chi connectivity index (χ3n) is 6.33. The first-order valence-corrected chi connectivity index (χ1v) is 19.1. The third-order valence-corrected chi connectivity index (χ3v) is 10.6. The topological polar surface area (TPSA) is 241 Å². The van der Waals surface area contributed by atoms with Crippen LogP contribution in [0.1, 0.15) is 47.5 Å². The summed E-state index contributed by atoms with van der Waals surface area (Å²) >= 11 is 0. The molecule has 0 spiro atoms. The van der Waals surface area contributed by atoms with Crippen molar-refractivity contribution in [1.29, 1.82) is 0 Å². The molecular weight excluding hydrogens is 685 g/mol. The average Bonchev–Trinajstić information content (AvgIpc) is 3.30. The third kappa shape index (κ3) is 16.3. The summed E-state index contributed by atoms with van der Waals surface area (Å²) in [5, 5.41) is 2.76. The largest absolute Gasteiger partial charge is 0.490 e. The predicted octanol–water partition coefficient (Wildman–Crippen LogP) is 3.54. The van der Waals surface area contributed by atoms with Crippen LogP contribution in [0.15, 0.2) is 48.1 Å². The fourth-order valence-corrected chi connectivity index (χ4v) is 7.33. The Balaban J connectivity index is 2.01. The Bertz CT molecular complexity index is 1310. The molecular formula is C27H47N2O15P3. The van der Waals surface area contributed by atoms with Crippen molar-refractivity contribution < 1.29 is 69.8 Å². The van der Waals surface area contributed by atoms with Crippen molar-refractivity contribution in [2.45, 2.75) is 83.2 Å². The Morgan fingerprint density at radius 3 is 2.26 bits per heavy atom. The van der Waals surface area contributed by atoms with Crippen LogP contribution in [-0.4, -0.2) is 89.8 Å². The van der Waals surface area contributed by atoms with Crippen LogP contribution in [0.25, 0.3) is 0 Å². The molecule has 1 fully saturated rings. The molecule has 1 saturated heterocycles. The Morgan fingerprint density at radius 1 is 0.979 bits per heavy atom. The molecule has 7 atom stereocenters. The Morgan fingerprint density at radius 2 is 1.60 bits per heavy atom. The first kappa shape index (κ1) is 41.8. The van der Waals surface area contributed by atoms with E-state index in [1.807, 2.05) is 51.2 Å². The molecule has 1 heterocycles. The summed E-state index contributed by atoms with van der Waals surface area (Å²) in [7, 11) is -15.3. The molecule has 20 heteroatoms. The van der Waals surface area contributed by atoms with E-state index in [0.29, 0.717) is 13.7 Å². The average molecular weight is 733 g/mol. The van der Waals surface area contributed by atoms with E-state index in [0.717, 1.165) is 5.57 Å². The van der Waals surface area contributed by atoms with Gasteiger partial charge in [-0.25, -0.2) is 13.7 Å². The first-order valence-electron chi connectivity index (χ1n) is 14.6. The van der Waals surface area contributed by atoms with Gasteiger partial charge in [-0.2, -0.15) is 8.62 Å². The summed E-state index contributed by atoms with van der Waals surface area (Å²) in [5.74, 6) is -0.368. The van der Waals surface area contributed by atoms with E-state index >= 15 is 0 Å². The van der Waals surface area contributed by atoms with Crippen LogP contribution >= 0.6 is 23.5 Å². The number of carbonyl (C=O) groups is 1. The van der Waals surface area contributed by atoms with Crippen molar-refractivity contribution in [3.8, 4) is 0 Å². The summed E-state index contributed by atoms with van der Waals surface area (Å²) in [6.07, 6.45) is 9.74. The van der Waals surface area contributed by atoms with E-state index in [1.54, 1.807) is 26.0 Å². The molecule has 2 rings (SSSR count). The minimum absolute atomic E-state index is 0.135. The zero-order chi connectivity index (χ0) is 35.5. The van der Waals surface area contributed by atoms with Crippen LogP contribution in [0.2, 0.25) is 0 Å². The van der Waals surface area contributed by atoms with Gasteiger partial charge >= 0.3 is 23.5 Å². The van der Waals surface area contributed by atoms with E-state index in [1.165, 1.54) is 0 Å². The fraction of sp³-hybridized carbons (Fsp3) is 0.667. The molecule has 47 heavy (non-hydrogen) atoms. The Kier molecular flexibility index (Phi) is 16.1. The van der Waals surface area contributed by atoms with Crippen LogP contribution < -0.4 is 11.1 Å². The lowest BCUT2D eigenvalue weighted by Gasteiger charge is -2.27. The number of amides is 1. The van der Waals surface area contributed by atoms with Gasteiger partial charge in [0.25, 0.3) is 5.91 Å². The molecule has 0 aromatic rings. The maximum absolute atomic E-state index is 12.7. The van der Waals surface area contributed by atoms with Crippen LogP contribution in [0.4, 0.5) is 0 Å². The monoisotopic (exact) mass is 732 g/mol. The van der Waals surface area contributed by atoms with Gasteiger partial charge in [-0.15, -0.1) is 0 Å². The Hall–Kier alpha value is -1.36. The van der Waals surface area contributed by atoms with Crippen LogP contribution in [0.5, 0.6) is 0 Å². The molecule has 17 nitrogen and oxygen atoms in total. The number of phosphoric ester groups is 2. The molecule has 0 bridgehead atoms. The molecule has 6 N–H and O–H groups in total. The fourth-order valence-electron chi connectivity index (χ4n) is 4.06. The van der Waals surface area contributed by atoms with E-state index in [2.05, 4.69) is 18.5 Å². The van der Waals surface area contributed by atoms with Gasteiger partial charge in [0, 0.05) is 26.5 Å². The van der Waals surface area contributed by atoms with Crippen molar-refractivity contribution in [2.75, 3.05) is 33.5 Å². The van der Waals surface area contributed by atoms with Gasteiger partial charge in [0.1, 0.15) is 17.9 Å². The molecule has 5 unspecified atom stereocenters. The van der Waals surface area contributed by atoms with E-state index in [4.69, 9.17) is 29.2 Å². The lowest BCUT2D eigenvalue weighted by atomic mass is 10.0. The molecule has 1 amide bonds. The van der Waals surface area contributed by atoms with Crippen LogP contribution in [-0.2, 0) is 55.1 Å². The molecule has 1 aliphatic heterocycles. The number of phosphoric acid groups is 3. The van der Waals surface area contributed by atoms with Gasteiger partial charge in [-0.3, -0.25) is 13.8 Å². The summed E-state index contributed by atoms with van der Waals surface area (Å²) < 4.78 is 76.1. The SMILES string of the molecule is COP(=O)(O)OP(=O)(O)OP(=O)(O)OC[C@H]1O[C@@H](C2=C/C=C\C=C/C=C\2)CC1OC(N)CCNC(=O)C(C)(C)OCCOC(C)(C)C. The molecule has 270 valence electrons. The molecule has 2 aliphatic rings. The molecule has 0 saturated carbocycles. The van der Waals surface area contributed by atoms with Crippen molar-refractivity contribution in [2.24, 2.45) is 5.73 Å². The number of nitrogens with one attached hydrogen (secondary N) is 1. The van der Waals surface area contributed by atoms with Gasteiger partial charge in [0.05, 0.1) is 37.6 Å². The maximum atomic E-state index is 12.7. The number of hydrogen-bond acceptors (Lipinski definition) is 13. The lowest BCUT2D eigenvalue weighted by Crippen LogP contribution is -2.46. The normalized spacial score (nSPS) is 28.0. The number of rotatable bonds is 19. The van der Waals surface area contributed by atoms with E-state index in [-0.39, 0.29) is 37.5 Å². The number of allylic oxidation sites excluding steroid dienone is 6. The van der Waals surface area contributed by atoms with Gasteiger partial charge in [0.15, 0.2) is 0 Å². The van der Waals surface area contributed by atoms with Crippen molar-refractivity contribution in [3.05, 3.63) is 48.1 Å². The van der Waals surface area contributed by atoms with Crippen molar-refractivity contribution >= 4 is 29.4 Å². The number of carbonyl (C=O) groups excluding carboxylic acids is 1. The van der Waals surface area contributed by atoms with Gasteiger partial charge in [-0.1, -0.05) is 42.5 Å². The Labute approximate surface area is 274 Å². The van der Waals surface area contributed by atoms with Gasteiger partial charge in [-0.05, 0) is 40.2 Å². The second-order valence-corrected chi connectivity index (χ2v) is 16.6. The van der Waals surface area contributed by atoms with Gasteiger partial charge in [0.2, 0.25) is 0 Å². The zero-order valence-corrected chi connectivity index (χ0v) is 29.9. The quantitative estimate of drug-likeness (QED) is 0.0725. The predicted molar refractivity (Wildman–Crippen MR) is 170 cm³/mol.